The van der Waals surface area contributed by atoms with Gasteiger partial charge in [0.15, 0.2) is 0 Å². The molecule has 5 nitrogen and oxygen atoms in total. The minimum absolute atomic E-state index is 0.184. The van der Waals surface area contributed by atoms with Crippen LogP contribution in [0.2, 0.25) is 0 Å². The van der Waals surface area contributed by atoms with Crippen molar-refractivity contribution in [1.82, 2.24) is 4.90 Å². The number of rotatable bonds is 3. The van der Waals surface area contributed by atoms with Gasteiger partial charge in [0, 0.05) is 57.3 Å². The van der Waals surface area contributed by atoms with Crippen molar-refractivity contribution in [3.8, 4) is 0 Å². The summed E-state index contributed by atoms with van der Waals surface area (Å²) >= 11 is 0. The summed E-state index contributed by atoms with van der Waals surface area (Å²) in [6, 6.07) is 8.94. The van der Waals surface area contributed by atoms with Crippen molar-refractivity contribution < 1.29 is 9.53 Å². The van der Waals surface area contributed by atoms with Gasteiger partial charge in [0.2, 0.25) is 0 Å². The Morgan fingerprint density at radius 2 is 1.42 bits per heavy atom. The van der Waals surface area contributed by atoms with Gasteiger partial charge in [-0.3, -0.25) is 4.79 Å². The zero-order valence-electron chi connectivity index (χ0n) is 14.3. The highest BCUT2D eigenvalue weighted by atomic mass is 16.5. The minimum atomic E-state index is -0.184. The van der Waals surface area contributed by atoms with E-state index in [1.807, 2.05) is 4.90 Å². The fourth-order valence-electron chi connectivity index (χ4n) is 4.01. The summed E-state index contributed by atoms with van der Waals surface area (Å²) < 4.78 is 5.53. The Morgan fingerprint density at radius 3 is 1.96 bits per heavy atom. The second-order valence-electron chi connectivity index (χ2n) is 7.02. The Bertz CT molecular complexity index is 554. The van der Waals surface area contributed by atoms with Crippen LogP contribution in [-0.4, -0.2) is 62.8 Å². The first kappa shape index (κ1) is 15.8. The van der Waals surface area contributed by atoms with Gasteiger partial charge in [-0.1, -0.05) is 0 Å². The molecule has 0 spiro atoms. The molecule has 3 saturated heterocycles. The maximum Gasteiger partial charge on any atom is 0.251 e. The predicted octanol–water partition coefficient (Wildman–Crippen LogP) is 2.11. The summed E-state index contributed by atoms with van der Waals surface area (Å²) in [5, 5.41) is 0. The Hall–Kier alpha value is -1.75. The van der Waals surface area contributed by atoms with E-state index in [9.17, 15) is 4.79 Å². The lowest BCUT2D eigenvalue weighted by Crippen LogP contribution is -2.51. The standard InChI is InChI=1S/C19H27N3O2/c23-19(18-4-3-15-24-18)22-13-11-21(12-14-22)17-7-5-16(6-8-17)20-9-1-2-10-20/h5-8,18H,1-4,9-15H2. The third-order valence-corrected chi connectivity index (χ3v) is 5.48. The van der Waals surface area contributed by atoms with Crippen LogP contribution in [0.3, 0.4) is 0 Å². The van der Waals surface area contributed by atoms with Gasteiger partial charge in [-0.05, 0) is 49.9 Å². The van der Waals surface area contributed by atoms with Crippen LogP contribution in [0.25, 0.3) is 0 Å². The molecule has 130 valence electrons. The molecule has 1 amide bonds. The van der Waals surface area contributed by atoms with Gasteiger partial charge in [0.1, 0.15) is 6.10 Å². The minimum Gasteiger partial charge on any atom is -0.372 e. The maximum absolute atomic E-state index is 12.4. The quantitative estimate of drug-likeness (QED) is 0.851. The normalized spacial score (nSPS) is 24.7. The maximum atomic E-state index is 12.4. The van der Waals surface area contributed by atoms with Gasteiger partial charge in [-0.15, -0.1) is 0 Å². The first-order valence-electron chi connectivity index (χ1n) is 9.31. The first-order chi connectivity index (χ1) is 11.8. The monoisotopic (exact) mass is 329 g/mol. The van der Waals surface area contributed by atoms with Crippen molar-refractivity contribution in [2.24, 2.45) is 0 Å². The Morgan fingerprint density at radius 1 is 0.833 bits per heavy atom. The van der Waals surface area contributed by atoms with Gasteiger partial charge < -0.3 is 19.4 Å². The molecule has 3 fully saturated rings. The third-order valence-electron chi connectivity index (χ3n) is 5.48. The summed E-state index contributed by atoms with van der Waals surface area (Å²) in [6.07, 6.45) is 4.33. The largest absolute Gasteiger partial charge is 0.372 e. The van der Waals surface area contributed by atoms with E-state index in [4.69, 9.17) is 4.74 Å². The smallest absolute Gasteiger partial charge is 0.251 e. The van der Waals surface area contributed by atoms with E-state index in [0.717, 1.165) is 45.6 Å². The molecule has 0 N–H and O–H groups in total. The summed E-state index contributed by atoms with van der Waals surface area (Å²) in [5.41, 5.74) is 2.60. The third kappa shape index (κ3) is 3.22. The van der Waals surface area contributed by atoms with E-state index in [-0.39, 0.29) is 12.0 Å². The van der Waals surface area contributed by atoms with Crippen LogP contribution < -0.4 is 9.80 Å². The zero-order valence-corrected chi connectivity index (χ0v) is 14.3. The van der Waals surface area contributed by atoms with E-state index >= 15 is 0 Å². The highest BCUT2D eigenvalue weighted by molar-refractivity contribution is 5.81. The SMILES string of the molecule is O=C(C1CCCO1)N1CCN(c2ccc(N3CCCC3)cc2)CC1. The lowest BCUT2D eigenvalue weighted by atomic mass is 10.2. The number of anilines is 2. The van der Waals surface area contributed by atoms with Crippen LogP contribution in [0.15, 0.2) is 24.3 Å². The van der Waals surface area contributed by atoms with Crippen LogP contribution >= 0.6 is 0 Å². The van der Waals surface area contributed by atoms with Crippen LogP contribution in [0.1, 0.15) is 25.7 Å². The zero-order chi connectivity index (χ0) is 16.4. The molecule has 1 aromatic rings. The van der Waals surface area contributed by atoms with Crippen molar-refractivity contribution >= 4 is 17.3 Å². The van der Waals surface area contributed by atoms with Gasteiger partial charge >= 0.3 is 0 Å². The predicted molar refractivity (Wildman–Crippen MR) is 95.7 cm³/mol. The topological polar surface area (TPSA) is 36.0 Å². The molecule has 1 aromatic carbocycles. The fraction of sp³-hybridized carbons (Fsp3) is 0.632. The molecule has 5 heteroatoms. The molecule has 0 aliphatic carbocycles. The average molecular weight is 329 g/mol. The summed E-state index contributed by atoms with van der Waals surface area (Å²) in [7, 11) is 0. The Labute approximate surface area is 144 Å². The molecule has 0 saturated carbocycles. The Kier molecular flexibility index (Phi) is 4.60. The molecule has 4 rings (SSSR count). The summed E-state index contributed by atoms with van der Waals surface area (Å²) in [4.78, 5) is 19.2. The highest BCUT2D eigenvalue weighted by Crippen LogP contribution is 2.25. The van der Waals surface area contributed by atoms with Crippen LogP contribution in [0.4, 0.5) is 11.4 Å². The lowest BCUT2D eigenvalue weighted by Gasteiger charge is -2.37. The molecule has 3 aliphatic rings. The van der Waals surface area contributed by atoms with Crippen LogP contribution in [0.5, 0.6) is 0 Å². The number of carbonyl (C=O) groups is 1. The molecule has 0 bridgehead atoms. The second-order valence-corrected chi connectivity index (χ2v) is 7.02. The Balaban J connectivity index is 1.32. The van der Waals surface area contributed by atoms with E-state index in [1.165, 1.54) is 37.3 Å². The van der Waals surface area contributed by atoms with Crippen molar-refractivity contribution in [2.75, 3.05) is 55.7 Å². The van der Waals surface area contributed by atoms with E-state index in [1.54, 1.807) is 0 Å². The van der Waals surface area contributed by atoms with Crippen molar-refractivity contribution in [3.05, 3.63) is 24.3 Å². The molecule has 0 radical (unpaired) electrons. The molecule has 0 aromatic heterocycles. The number of nitrogens with zero attached hydrogens (tertiary/aromatic N) is 3. The molecule has 1 atom stereocenters. The number of hydrogen-bond acceptors (Lipinski definition) is 4. The molecule has 3 heterocycles. The molecular formula is C19H27N3O2. The number of benzene rings is 1. The number of carbonyl (C=O) groups excluding carboxylic acids is 1. The highest BCUT2D eigenvalue weighted by Gasteiger charge is 2.30. The van der Waals surface area contributed by atoms with Crippen molar-refractivity contribution in [1.29, 1.82) is 0 Å². The summed E-state index contributed by atoms with van der Waals surface area (Å²) in [5.74, 6) is 0.191. The van der Waals surface area contributed by atoms with Crippen LogP contribution in [0, 0.1) is 0 Å². The molecule has 1 unspecified atom stereocenters. The number of amides is 1. The molecular weight excluding hydrogens is 302 g/mol. The average Bonchev–Trinajstić information content (AvgIpc) is 3.35. The number of piperazine rings is 1. The number of hydrogen-bond donors (Lipinski definition) is 0. The van der Waals surface area contributed by atoms with Gasteiger partial charge in [0.05, 0.1) is 0 Å². The first-order valence-corrected chi connectivity index (χ1v) is 9.31. The second kappa shape index (κ2) is 7.01. The van der Waals surface area contributed by atoms with Crippen LogP contribution in [-0.2, 0) is 9.53 Å². The van der Waals surface area contributed by atoms with Gasteiger partial charge in [0.25, 0.3) is 5.91 Å². The van der Waals surface area contributed by atoms with Gasteiger partial charge in [-0.2, -0.15) is 0 Å². The molecule has 24 heavy (non-hydrogen) atoms. The van der Waals surface area contributed by atoms with Crippen molar-refractivity contribution in [2.45, 2.75) is 31.8 Å². The van der Waals surface area contributed by atoms with E-state index in [0.29, 0.717) is 0 Å². The molecule has 3 aliphatic heterocycles. The summed E-state index contributed by atoms with van der Waals surface area (Å²) in [6.45, 7) is 6.51. The fourth-order valence-corrected chi connectivity index (χ4v) is 4.01. The van der Waals surface area contributed by atoms with E-state index < -0.39 is 0 Å². The lowest BCUT2D eigenvalue weighted by molar-refractivity contribution is -0.141. The van der Waals surface area contributed by atoms with Crippen molar-refractivity contribution in [3.63, 3.8) is 0 Å². The van der Waals surface area contributed by atoms with E-state index in [2.05, 4.69) is 34.1 Å². The van der Waals surface area contributed by atoms with Gasteiger partial charge in [-0.25, -0.2) is 0 Å². The number of ether oxygens (including phenoxy) is 1.